The highest BCUT2D eigenvalue weighted by Crippen LogP contribution is 2.37. The third kappa shape index (κ3) is 3.04. The van der Waals surface area contributed by atoms with E-state index in [1.165, 1.54) is 0 Å². The predicted molar refractivity (Wildman–Crippen MR) is 111 cm³/mol. The summed E-state index contributed by atoms with van der Waals surface area (Å²) in [6.07, 6.45) is 3.06. The largest absolute Gasteiger partial charge is 0.454 e. The average molecular weight is 410 g/mol. The predicted octanol–water partition coefficient (Wildman–Crippen LogP) is 2.57. The van der Waals surface area contributed by atoms with E-state index in [0.29, 0.717) is 22.9 Å². The summed E-state index contributed by atoms with van der Waals surface area (Å²) in [5.41, 5.74) is 0.974. The van der Waals surface area contributed by atoms with Gasteiger partial charge in [0.15, 0.2) is 17.3 Å². The Morgan fingerprint density at radius 1 is 1.17 bits per heavy atom. The Hall–Kier alpha value is -2.94. The first-order valence-electron chi connectivity index (χ1n) is 10.5. The van der Waals surface area contributed by atoms with E-state index in [1.54, 1.807) is 0 Å². The van der Waals surface area contributed by atoms with E-state index in [9.17, 15) is 4.79 Å². The third-order valence-electron chi connectivity index (χ3n) is 6.34. The first kappa shape index (κ1) is 19.0. The highest BCUT2D eigenvalue weighted by atomic mass is 16.7. The van der Waals surface area contributed by atoms with Gasteiger partial charge in [0.2, 0.25) is 6.79 Å². The molecule has 2 aliphatic heterocycles. The summed E-state index contributed by atoms with van der Waals surface area (Å²) in [7, 11) is 0. The lowest BCUT2D eigenvalue weighted by molar-refractivity contribution is 0.174. The second-order valence-electron chi connectivity index (χ2n) is 8.61. The zero-order valence-electron chi connectivity index (χ0n) is 17.5. The number of H-pyrrole nitrogens is 1. The van der Waals surface area contributed by atoms with Crippen LogP contribution in [0.3, 0.4) is 0 Å². The number of likely N-dealkylation sites (tertiary alicyclic amines) is 1. The van der Waals surface area contributed by atoms with Gasteiger partial charge in [0.1, 0.15) is 6.04 Å². The van der Waals surface area contributed by atoms with Gasteiger partial charge in [0.05, 0.1) is 11.1 Å². The minimum Gasteiger partial charge on any atom is -0.454 e. The zero-order valence-corrected chi connectivity index (χ0v) is 17.5. The normalized spacial score (nSPS) is 17.7. The molecule has 0 bridgehead atoms. The van der Waals surface area contributed by atoms with Gasteiger partial charge in [-0.15, -0.1) is 5.10 Å². The molecule has 1 aromatic carbocycles. The fraction of sp³-hybridized carbons (Fsp3) is 0.524. The molecule has 1 atom stereocenters. The SMILES string of the molecule is CCC(C)(C)n1nnnc1[C@H](c1cc2cc3c(cc2[nH]c1=O)OCO3)N1CCCC1. The number of ether oxygens (including phenoxy) is 2. The molecule has 4 heterocycles. The van der Waals surface area contributed by atoms with Crippen LogP contribution in [0.5, 0.6) is 11.5 Å². The van der Waals surface area contributed by atoms with Gasteiger partial charge in [0.25, 0.3) is 5.56 Å². The molecule has 0 aliphatic carbocycles. The fourth-order valence-corrected chi connectivity index (χ4v) is 4.26. The Labute approximate surface area is 174 Å². The van der Waals surface area contributed by atoms with Crippen LogP contribution in [0.4, 0.5) is 0 Å². The molecule has 1 saturated heterocycles. The smallest absolute Gasteiger partial charge is 0.253 e. The molecule has 3 aromatic rings. The Bertz CT molecular complexity index is 1150. The Kier molecular flexibility index (Phi) is 4.50. The Morgan fingerprint density at radius 2 is 1.90 bits per heavy atom. The van der Waals surface area contributed by atoms with Crippen LogP contribution in [-0.4, -0.2) is 50.0 Å². The first-order chi connectivity index (χ1) is 14.5. The Morgan fingerprint density at radius 3 is 2.63 bits per heavy atom. The van der Waals surface area contributed by atoms with Gasteiger partial charge in [-0.25, -0.2) is 4.68 Å². The second-order valence-corrected chi connectivity index (χ2v) is 8.61. The van der Waals surface area contributed by atoms with E-state index >= 15 is 0 Å². The number of aromatic amines is 1. The van der Waals surface area contributed by atoms with Crippen LogP contribution in [-0.2, 0) is 5.54 Å². The molecule has 9 nitrogen and oxygen atoms in total. The van der Waals surface area contributed by atoms with E-state index in [0.717, 1.165) is 43.3 Å². The van der Waals surface area contributed by atoms with Crippen molar-refractivity contribution in [3.8, 4) is 11.5 Å². The summed E-state index contributed by atoms with van der Waals surface area (Å²) in [4.78, 5) is 18.6. The highest BCUT2D eigenvalue weighted by molar-refractivity contribution is 5.83. The minimum absolute atomic E-state index is 0.137. The molecule has 0 radical (unpaired) electrons. The summed E-state index contributed by atoms with van der Waals surface area (Å²) in [6, 6.07) is 5.36. The highest BCUT2D eigenvalue weighted by Gasteiger charge is 2.35. The van der Waals surface area contributed by atoms with Crippen molar-refractivity contribution in [2.24, 2.45) is 0 Å². The summed E-state index contributed by atoms with van der Waals surface area (Å²) >= 11 is 0. The van der Waals surface area contributed by atoms with Gasteiger partial charge in [-0.1, -0.05) is 6.92 Å². The number of nitrogens with zero attached hydrogens (tertiary/aromatic N) is 5. The van der Waals surface area contributed by atoms with Crippen molar-refractivity contribution in [2.75, 3.05) is 19.9 Å². The summed E-state index contributed by atoms with van der Waals surface area (Å²) in [6.45, 7) is 8.34. The number of pyridine rings is 1. The van der Waals surface area contributed by atoms with Crippen LogP contribution in [0.2, 0.25) is 0 Å². The molecule has 30 heavy (non-hydrogen) atoms. The molecule has 5 rings (SSSR count). The van der Waals surface area contributed by atoms with E-state index in [-0.39, 0.29) is 23.9 Å². The molecular formula is C21H26N6O3. The van der Waals surface area contributed by atoms with Crippen molar-refractivity contribution in [3.63, 3.8) is 0 Å². The van der Waals surface area contributed by atoms with Crippen LogP contribution in [0.25, 0.3) is 10.9 Å². The molecule has 1 N–H and O–H groups in total. The lowest BCUT2D eigenvalue weighted by Crippen LogP contribution is -2.37. The van der Waals surface area contributed by atoms with E-state index in [2.05, 4.69) is 46.2 Å². The van der Waals surface area contributed by atoms with Gasteiger partial charge >= 0.3 is 0 Å². The third-order valence-corrected chi connectivity index (χ3v) is 6.34. The lowest BCUT2D eigenvalue weighted by Gasteiger charge is -2.30. The number of hydrogen-bond acceptors (Lipinski definition) is 7. The molecule has 0 amide bonds. The number of rotatable bonds is 5. The molecule has 1 fully saturated rings. The van der Waals surface area contributed by atoms with E-state index < -0.39 is 0 Å². The maximum absolute atomic E-state index is 13.2. The fourth-order valence-electron chi connectivity index (χ4n) is 4.26. The van der Waals surface area contributed by atoms with Crippen LogP contribution in [0.1, 0.15) is 57.5 Å². The maximum Gasteiger partial charge on any atom is 0.253 e. The first-order valence-corrected chi connectivity index (χ1v) is 10.5. The molecule has 0 unspecified atom stereocenters. The molecule has 9 heteroatoms. The average Bonchev–Trinajstić information content (AvgIpc) is 3.49. The van der Waals surface area contributed by atoms with Gasteiger partial charge in [-0.05, 0) is 68.8 Å². The van der Waals surface area contributed by atoms with E-state index in [1.807, 2.05) is 22.9 Å². The number of benzene rings is 1. The van der Waals surface area contributed by atoms with Crippen molar-refractivity contribution in [3.05, 3.63) is 39.9 Å². The van der Waals surface area contributed by atoms with Crippen LogP contribution < -0.4 is 15.0 Å². The molecule has 0 spiro atoms. The number of tetrazole rings is 1. The maximum atomic E-state index is 13.2. The number of hydrogen-bond donors (Lipinski definition) is 1. The van der Waals surface area contributed by atoms with Gasteiger partial charge in [-0.2, -0.15) is 0 Å². The van der Waals surface area contributed by atoms with Crippen molar-refractivity contribution < 1.29 is 9.47 Å². The van der Waals surface area contributed by atoms with Crippen molar-refractivity contribution in [1.82, 2.24) is 30.1 Å². The molecular weight excluding hydrogens is 384 g/mol. The van der Waals surface area contributed by atoms with Crippen LogP contribution >= 0.6 is 0 Å². The van der Waals surface area contributed by atoms with Crippen LogP contribution in [0, 0.1) is 0 Å². The van der Waals surface area contributed by atoms with Gasteiger partial charge in [-0.3, -0.25) is 9.69 Å². The number of fused-ring (bicyclic) bond motifs is 2. The topological polar surface area (TPSA) is 98.2 Å². The van der Waals surface area contributed by atoms with Crippen molar-refractivity contribution >= 4 is 10.9 Å². The van der Waals surface area contributed by atoms with E-state index in [4.69, 9.17) is 9.47 Å². The standard InChI is InChI=1S/C21H26N6O3/c1-4-21(2,3)27-19(23-24-25-27)18(26-7-5-6-8-26)14-9-13-10-16-17(30-12-29-16)11-15(13)22-20(14)28/h9-11,18H,4-8,12H2,1-3H3,(H,22,28)/t18-/m0/s1. The zero-order chi connectivity index (χ0) is 20.9. The second kappa shape index (κ2) is 7.09. The molecule has 2 aromatic heterocycles. The summed E-state index contributed by atoms with van der Waals surface area (Å²) < 4.78 is 12.8. The quantitative estimate of drug-likeness (QED) is 0.690. The van der Waals surface area contributed by atoms with Gasteiger partial charge < -0.3 is 14.5 Å². The van der Waals surface area contributed by atoms with Crippen LogP contribution in [0.15, 0.2) is 23.0 Å². The van der Waals surface area contributed by atoms with Crippen molar-refractivity contribution in [2.45, 2.75) is 51.6 Å². The molecule has 0 saturated carbocycles. The minimum atomic E-state index is -0.313. The Balaban J connectivity index is 1.69. The summed E-state index contributed by atoms with van der Waals surface area (Å²) in [5, 5.41) is 13.6. The number of aromatic nitrogens is 5. The van der Waals surface area contributed by atoms with Gasteiger partial charge in [0, 0.05) is 17.0 Å². The number of nitrogens with one attached hydrogen (secondary N) is 1. The van der Waals surface area contributed by atoms with Crippen molar-refractivity contribution in [1.29, 1.82) is 0 Å². The molecule has 2 aliphatic rings. The summed E-state index contributed by atoms with van der Waals surface area (Å²) in [5.74, 6) is 2.04. The molecule has 158 valence electrons. The lowest BCUT2D eigenvalue weighted by atomic mass is 9.99. The monoisotopic (exact) mass is 410 g/mol.